The summed E-state index contributed by atoms with van der Waals surface area (Å²) in [5.74, 6) is 0. The SMILES string of the molecule is O=[N+]([O-])c1cccc(S(=O)(=O)N2CCN(C[C@H]3CCCCO3)CC2)c1. The van der Waals surface area contributed by atoms with E-state index >= 15 is 0 Å². The van der Waals surface area contributed by atoms with Gasteiger partial charge in [-0.1, -0.05) is 6.07 Å². The first-order valence-corrected chi connectivity index (χ1v) is 9.99. The van der Waals surface area contributed by atoms with Crippen LogP contribution >= 0.6 is 0 Å². The molecule has 0 unspecified atom stereocenters. The molecule has 0 bridgehead atoms. The first-order valence-electron chi connectivity index (χ1n) is 8.55. The highest BCUT2D eigenvalue weighted by Gasteiger charge is 2.30. The highest BCUT2D eigenvalue weighted by Crippen LogP contribution is 2.22. The summed E-state index contributed by atoms with van der Waals surface area (Å²) >= 11 is 0. The van der Waals surface area contributed by atoms with E-state index in [1.165, 1.54) is 28.9 Å². The highest BCUT2D eigenvalue weighted by molar-refractivity contribution is 7.89. The van der Waals surface area contributed by atoms with Gasteiger partial charge in [-0.15, -0.1) is 0 Å². The Hall–Kier alpha value is -1.55. The molecule has 0 N–H and O–H groups in total. The predicted molar refractivity (Wildman–Crippen MR) is 91.9 cm³/mol. The molecule has 1 atom stereocenters. The number of rotatable bonds is 5. The fraction of sp³-hybridized carbons (Fsp3) is 0.625. The quantitative estimate of drug-likeness (QED) is 0.576. The minimum Gasteiger partial charge on any atom is -0.377 e. The zero-order chi connectivity index (χ0) is 17.9. The third-order valence-corrected chi connectivity index (χ3v) is 6.63. The Morgan fingerprint density at radius 3 is 2.60 bits per heavy atom. The number of non-ortho nitro benzene ring substituents is 1. The van der Waals surface area contributed by atoms with Crippen LogP contribution in [-0.4, -0.2) is 68.0 Å². The average molecular weight is 369 g/mol. The summed E-state index contributed by atoms with van der Waals surface area (Å²) in [5.41, 5.74) is -0.214. The van der Waals surface area contributed by atoms with Crippen LogP contribution in [0.15, 0.2) is 29.2 Å². The van der Waals surface area contributed by atoms with Crippen LogP contribution in [0.1, 0.15) is 19.3 Å². The van der Waals surface area contributed by atoms with Crippen LogP contribution in [0.25, 0.3) is 0 Å². The van der Waals surface area contributed by atoms with Gasteiger partial charge < -0.3 is 4.74 Å². The molecule has 9 heteroatoms. The highest BCUT2D eigenvalue weighted by atomic mass is 32.2. The lowest BCUT2D eigenvalue weighted by Crippen LogP contribution is -2.50. The molecule has 0 amide bonds. The van der Waals surface area contributed by atoms with Gasteiger partial charge in [0.2, 0.25) is 10.0 Å². The van der Waals surface area contributed by atoms with Gasteiger partial charge in [0.25, 0.3) is 5.69 Å². The van der Waals surface area contributed by atoms with Crippen molar-refractivity contribution in [3.63, 3.8) is 0 Å². The minimum absolute atomic E-state index is 0.0224. The second-order valence-corrected chi connectivity index (χ2v) is 8.39. The van der Waals surface area contributed by atoms with Gasteiger partial charge in [0.1, 0.15) is 0 Å². The van der Waals surface area contributed by atoms with Crippen LogP contribution in [0.2, 0.25) is 0 Å². The number of nitro groups is 1. The smallest absolute Gasteiger partial charge is 0.270 e. The maximum Gasteiger partial charge on any atom is 0.270 e. The monoisotopic (exact) mass is 369 g/mol. The van der Waals surface area contributed by atoms with Crippen molar-refractivity contribution in [2.75, 3.05) is 39.3 Å². The van der Waals surface area contributed by atoms with Crippen molar-refractivity contribution in [2.24, 2.45) is 0 Å². The lowest BCUT2D eigenvalue weighted by Gasteiger charge is -2.36. The van der Waals surface area contributed by atoms with E-state index in [0.29, 0.717) is 26.2 Å². The molecule has 138 valence electrons. The predicted octanol–water partition coefficient (Wildman–Crippen LogP) is 1.47. The number of hydrogen-bond acceptors (Lipinski definition) is 6. The third kappa shape index (κ3) is 4.35. The molecule has 0 spiro atoms. The van der Waals surface area contributed by atoms with Crippen LogP contribution in [0.4, 0.5) is 5.69 Å². The number of sulfonamides is 1. The van der Waals surface area contributed by atoms with Crippen LogP contribution in [0.3, 0.4) is 0 Å². The molecule has 2 saturated heterocycles. The van der Waals surface area contributed by atoms with Crippen LogP contribution < -0.4 is 0 Å². The molecular formula is C16H23N3O5S. The number of ether oxygens (including phenoxy) is 1. The number of nitro benzene ring substituents is 1. The van der Waals surface area contributed by atoms with Crippen LogP contribution in [0, 0.1) is 10.1 Å². The zero-order valence-electron chi connectivity index (χ0n) is 14.0. The van der Waals surface area contributed by atoms with Gasteiger partial charge in [-0.3, -0.25) is 15.0 Å². The van der Waals surface area contributed by atoms with Gasteiger partial charge in [0.05, 0.1) is 15.9 Å². The molecule has 0 aromatic heterocycles. The van der Waals surface area contributed by atoms with E-state index in [2.05, 4.69) is 4.90 Å². The molecule has 2 aliphatic heterocycles. The maximum absolute atomic E-state index is 12.7. The first-order chi connectivity index (χ1) is 12.0. The Balaban J connectivity index is 1.61. The lowest BCUT2D eigenvalue weighted by atomic mass is 10.1. The van der Waals surface area contributed by atoms with Gasteiger partial charge in [-0.2, -0.15) is 4.31 Å². The van der Waals surface area contributed by atoms with Crippen LogP contribution in [-0.2, 0) is 14.8 Å². The fourth-order valence-electron chi connectivity index (χ4n) is 3.30. The summed E-state index contributed by atoms with van der Waals surface area (Å²) in [6, 6.07) is 5.23. The van der Waals surface area contributed by atoms with Crippen molar-refractivity contribution >= 4 is 15.7 Å². The van der Waals surface area contributed by atoms with Crippen molar-refractivity contribution in [1.29, 1.82) is 0 Å². The maximum atomic E-state index is 12.7. The van der Waals surface area contributed by atoms with Crippen molar-refractivity contribution in [2.45, 2.75) is 30.3 Å². The molecule has 8 nitrogen and oxygen atoms in total. The van der Waals surface area contributed by atoms with Crippen LogP contribution in [0.5, 0.6) is 0 Å². The van der Waals surface area contributed by atoms with E-state index in [1.807, 2.05) is 0 Å². The van der Waals surface area contributed by atoms with E-state index in [1.54, 1.807) is 0 Å². The molecule has 1 aromatic carbocycles. The largest absolute Gasteiger partial charge is 0.377 e. The van der Waals surface area contributed by atoms with Gasteiger partial charge >= 0.3 is 0 Å². The van der Waals surface area contributed by atoms with E-state index in [0.717, 1.165) is 32.1 Å². The summed E-state index contributed by atoms with van der Waals surface area (Å²) in [4.78, 5) is 12.5. The van der Waals surface area contributed by atoms with Gasteiger partial charge in [-0.25, -0.2) is 8.42 Å². The molecule has 1 aromatic rings. The topological polar surface area (TPSA) is 93.0 Å². The molecule has 25 heavy (non-hydrogen) atoms. The summed E-state index contributed by atoms with van der Waals surface area (Å²) < 4.78 is 32.6. The second kappa shape index (κ2) is 7.77. The first kappa shape index (κ1) is 18.2. The summed E-state index contributed by atoms with van der Waals surface area (Å²) in [6.45, 7) is 3.72. The van der Waals surface area contributed by atoms with Crippen molar-refractivity contribution < 1.29 is 18.1 Å². The molecular weight excluding hydrogens is 346 g/mol. The number of hydrogen-bond donors (Lipinski definition) is 0. The summed E-state index contributed by atoms with van der Waals surface area (Å²) in [5, 5.41) is 10.9. The minimum atomic E-state index is -3.70. The Labute approximate surface area is 147 Å². The summed E-state index contributed by atoms with van der Waals surface area (Å²) in [6.07, 6.45) is 3.61. The Morgan fingerprint density at radius 2 is 1.96 bits per heavy atom. The van der Waals surface area contributed by atoms with E-state index in [9.17, 15) is 18.5 Å². The molecule has 0 aliphatic carbocycles. The zero-order valence-corrected chi connectivity index (χ0v) is 14.9. The number of benzene rings is 1. The number of nitrogens with zero attached hydrogens (tertiary/aromatic N) is 3. The molecule has 2 aliphatic rings. The van der Waals surface area contributed by atoms with Gasteiger partial charge in [0.15, 0.2) is 0 Å². The summed E-state index contributed by atoms with van der Waals surface area (Å²) in [7, 11) is -3.70. The van der Waals surface area contributed by atoms with Crippen molar-refractivity contribution in [3.05, 3.63) is 34.4 Å². The Bertz CT molecular complexity index is 710. The lowest BCUT2D eigenvalue weighted by molar-refractivity contribution is -0.385. The van der Waals surface area contributed by atoms with E-state index < -0.39 is 14.9 Å². The fourth-order valence-corrected chi connectivity index (χ4v) is 4.76. The van der Waals surface area contributed by atoms with Gasteiger partial charge in [0, 0.05) is 51.5 Å². The van der Waals surface area contributed by atoms with Crippen molar-refractivity contribution in [3.8, 4) is 0 Å². The number of piperazine rings is 1. The van der Waals surface area contributed by atoms with Gasteiger partial charge in [-0.05, 0) is 25.3 Å². The second-order valence-electron chi connectivity index (χ2n) is 6.45. The molecule has 0 radical (unpaired) electrons. The Kier molecular flexibility index (Phi) is 5.67. The average Bonchev–Trinajstić information content (AvgIpc) is 2.63. The molecule has 3 rings (SSSR count). The molecule has 2 heterocycles. The standard InChI is InChI=1S/C16H23N3O5S/c20-19(21)14-4-3-6-16(12-14)25(22,23)18-9-7-17(8-10-18)13-15-5-1-2-11-24-15/h3-4,6,12,15H,1-2,5,7-11,13H2/t15-/m1/s1. The third-order valence-electron chi connectivity index (χ3n) is 4.73. The molecule has 2 fully saturated rings. The van der Waals surface area contributed by atoms with Crippen molar-refractivity contribution in [1.82, 2.24) is 9.21 Å². The molecule has 0 saturated carbocycles. The van der Waals surface area contributed by atoms with E-state index in [-0.39, 0.29) is 16.7 Å². The Morgan fingerprint density at radius 1 is 1.20 bits per heavy atom. The van der Waals surface area contributed by atoms with E-state index in [4.69, 9.17) is 4.74 Å². The normalized spacial score (nSPS) is 23.4.